The fourth-order valence-electron chi connectivity index (χ4n) is 1.86. The first-order chi connectivity index (χ1) is 9.11. The third-order valence-corrected chi connectivity index (χ3v) is 3.61. The summed E-state index contributed by atoms with van der Waals surface area (Å²) in [4.78, 5) is 12.0. The summed E-state index contributed by atoms with van der Waals surface area (Å²) in [5.74, 6) is 0.0962. The van der Waals surface area contributed by atoms with E-state index in [2.05, 4.69) is 14.1 Å². The van der Waals surface area contributed by atoms with Crippen molar-refractivity contribution >= 4 is 28.7 Å². The Morgan fingerprint density at radius 1 is 1.42 bits per heavy atom. The Hall–Kier alpha value is -1.53. The molecule has 6 heteroatoms. The maximum Gasteiger partial charge on any atom is 0.224 e. The zero-order chi connectivity index (χ0) is 13.8. The van der Waals surface area contributed by atoms with E-state index in [-0.39, 0.29) is 30.9 Å². The van der Waals surface area contributed by atoms with E-state index in [1.165, 1.54) is 0 Å². The van der Waals surface area contributed by atoms with Gasteiger partial charge < -0.3 is 10.4 Å². The second-order valence-corrected chi connectivity index (χ2v) is 5.35. The highest BCUT2D eigenvalue weighted by Crippen LogP contribution is 2.17. The summed E-state index contributed by atoms with van der Waals surface area (Å²) >= 11 is 1.15. The lowest BCUT2D eigenvalue weighted by Crippen LogP contribution is -2.41. The minimum absolute atomic E-state index is 0.0497. The predicted molar refractivity (Wildman–Crippen MR) is 75.0 cm³/mol. The number of rotatable bonds is 5. The standard InChI is InChI=1S/C13H17N3O2S/c1-8(2)11(7-17)14-12(18)6-9-4-3-5-10-13(9)16-19-15-10/h3-5,8,11,17H,6-7H2,1-2H3,(H,14,18)/t11-/m1/s1. The third kappa shape index (κ3) is 3.27. The summed E-state index contributed by atoms with van der Waals surface area (Å²) in [7, 11) is 0. The van der Waals surface area contributed by atoms with E-state index in [0.29, 0.717) is 0 Å². The van der Waals surface area contributed by atoms with E-state index in [0.717, 1.165) is 28.3 Å². The van der Waals surface area contributed by atoms with E-state index >= 15 is 0 Å². The van der Waals surface area contributed by atoms with E-state index in [1.54, 1.807) is 0 Å². The lowest BCUT2D eigenvalue weighted by Gasteiger charge is -2.19. The number of nitrogens with zero attached hydrogens (tertiary/aromatic N) is 2. The molecule has 0 saturated carbocycles. The number of carbonyl (C=O) groups is 1. The SMILES string of the molecule is CC(C)[C@@H](CO)NC(=O)Cc1cccc2nsnc12. The van der Waals surface area contributed by atoms with Gasteiger partial charge in [-0.2, -0.15) is 8.75 Å². The number of amides is 1. The van der Waals surface area contributed by atoms with Crippen molar-refractivity contribution in [2.24, 2.45) is 5.92 Å². The van der Waals surface area contributed by atoms with E-state index < -0.39 is 0 Å². The van der Waals surface area contributed by atoms with E-state index in [4.69, 9.17) is 0 Å². The van der Waals surface area contributed by atoms with Gasteiger partial charge >= 0.3 is 0 Å². The molecular weight excluding hydrogens is 262 g/mol. The Labute approximate surface area is 116 Å². The van der Waals surface area contributed by atoms with Gasteiger partial charge in [-0.25, -0.2) is 0 Å². The van der Waals surface area contributed by atoms with Crippen LogP contribution in [0.3, 0.4) is 0 Å². The van der Waals surface area contributed by atoms with Gasteiger partial charge in [0.2, 0.25) is 5.91 Å². The molecule has 19 heavy (non-hydrogen) atoms. The van der Waals surface area contributed by atoms with Crippen LogP contribution >= 0.6 is 11.7 Å². The van der Waals surface area contributed by atoms with Crippen molar-refractivity contribution in [2.75, 3.05) is 6.61 Å². The van der Waals surface area contributed by atoms with Gasteiger partial charge in [0, 0.05) is 0 Å². The Kier molecular flexibility index (Phi) is 4.44. The van der Waals surface area contributed by atoms with Crippen LogP contribution in [0, 0.1) is 5.92 Å². The summed E-state index contributed by atoms with van der Waals surface area (Å²) in [5, 5.41) is 12.1. The second-order valence-electron chi connectivity index (χ2n) is 4.83. The molecule has 0 aliphatic carbocycles. The first kappa shape index (κ1) is 13.9. The van der Waals surface area contributed by atoms with Crippen molar-refractivity contribution in [3.63, 3.8) is 0 Å². The Balaban J connectivity index is 2.08. The predicted octanol–water partition coefficient (Wildman–Crippen LogP) is 1.37. The molecule has 0 aliphatic rings. The molecule has 0 bridgehead atoms. The van der Waals surface area contributed by atoms with Crippen molar-refractivity contribution in [1.29, 1.82) is 0 Å². The molecule has 0 unspecified atom stereocenters. The molecule has 5 nitrogen and oxygen atoms in total. The first-order valence-electron chi connectivity index (χ1n) is 6.22. The van der Waals surface area contributed by atoms with Crippen LogP contribution in [-0.4, -0.2) is 32.4 Å². The van der Waals surface area contributed by atoms with Gasteiger partial charge in [-0.15, -0.1) is 0 Å². The number of carbonyl (C=O) groups excluding carboxylic acids is 1. The van der Waals surface area contributed by atoms with Crippen LogP contribution in [0.4, 0.5) is 0 Å². The highest BCUT2D eigenvalue weighted by Gasteiger charge is 2.16. The van der Waals surface area contributed by atoms with Gasteiger partial charge in [0.15, 0.2) is 0 Å². The lowest BCUT2D eigenvalue weighted by molar-refractivity contribution is -0.121. The summed E-state index contributed by atoms with van der Waals surface area (Å²) in [5.41, 5.74) is 2.47. The van der Waals surface area contributed by atoms with E-state index in [1.807, 2.05) is 32.0 Å². The highest BCUT2D eigenvalue weighted by molar-refractivity contribution is 7.00. The molecule has 0 radical (unpaired) electrons. The monoisotopic (exact) mass is 279 g/mol. The fraction of sp³-hybridized carbons (Fsp3) is 0.462. The number of aliphatic hydroxyl groups is 1. The molecule has 0 spiro atoms. The molecule has 0 saturated heterocycles. The smallest absolute Gasteiger partial charge is 0.224 e. The molecule has 2 aromatic rings. The lowest BCUT2D eigenvalue weighted by atomic mass is 10.0. The number of benzene rings is 1. The molecule has 1 aromatic heterocycles. The fourth-order valence-corrected chi connectivity index (χ4v) is 2.43. The van der Waals surface area contributed by atoms with Crippen molar-refractivity contribution in [2.45, 2.75) is 26.3 Å². The Bertz CT molecular complexity index is 568. The maximum absolute atomic E-state index is 12.0. The van der Waals surface area contributed by atoms with Gasteiger partial charge in [-0.3, -0.25) is 4.79 Å². The van der Waals surface area contributed by atoms with Crippen LogP contribution in [0.25, 0.3) is 11.0 Å². The number of fused-ring (bicyclic) bond motifs is 1. The van der Waals surface area contributed by atoms with Crippen LogP contribution in [0.15, 0.2) is 18.2 Å². The van der Waals surface area contributed by atoms with Gasteiger partial charge in [0.25, 0.3) is 0 Å². The molecule has 1 amide bonds. The molecular formula is C13H17N3O2S. The summed E-state index contributed by atoms with van der Waals surface area (Å²) in [6.07, 6.45) is 0.256. The van der Waals surface area contributed by atoms with Crippen molar-refractivity contribution in [3.05, 3.63) is 23.8 Å². The largest absolute Gasteiger partial charge is 0.394 e. The summed E-state index contributed by atoms with van der Waals surface area (Å²) in [6.45, 7) is 3.88. The third-order valence-electron chi connectivity index (χ3n) is 3.07. The number of nitrogens with one attached hydrogen (secondary N) is 1. The Morgan fingerprint density at radius 2 is 2.21 bits per heavy atom. The molecule has 0 fully saturated rings. The molecule has 1 aromatic carbocycles. The molecule has 1 atom stereocenters. The molecule has 102 valence electrons. The van der Waals surface area contributed by atoms with Crippen LogP contribution in [0.2, 0.25) is 0 Å². The zero-order valence-corrected chi connectivity index (χ0v) is 11.8. The number of aliphatic hydroxyl groups excluding tert-OH is 1. The quantitative estimate of drug-likeness (QED) is 0.866. The average molecular weight is 279 g/mol. The highest BCUT2D eigenvalue weighted by atomic mass is 32.1. The van der Waals surface area contributed by atoms with Crippen LogP contribution < -0.4 is 5.32 Å². The maximum atomic E-state index is 12.0. The Morgan fingerprint density at radius 3 is 2.89 bits per heavy atom. The minimum atomic E-state index is -0.208. The zero-order valence-electron chi connectivity index (χ0n) is 11.0. The average Bonchev–Trinajstić information content (AvgIpc) is 2.85. The summed E-state index contributed by atoms with van der Waals surface area (Å²) in [6, 6.07) is 5.43. The van der Waals surface area contributed by atoms with Gasteiger partial charge in [-0.05, 0) is 17.5 Å². The van der Waals surface area contributed by atoms with Crippen molar-refractivity contribution in [1.82, 2.24) is 14.1 Å². The topological polar surface area (TPSA) is 75.1 Å². The van der Waals surface area contributed by atoms with Gasteiger partial charge in [0.1, 0.15) is 11.0 Å². The second kappa shape index (κ2) is 6.08. The molecule has 2 rings (SSSR count). The number of hydrogen-bond acceptors (Lipinski definition) is 5. The minimum Gasteiger partial charge on any atom is -0.394 e. The van der Waals surface area contributed by atoms with Crippen LogP contribution in [0.5, 0.6) is 0 Å². The number of hydrogen-bond donors (Lipinski definition) is 2. The van der Waals surface area contributed by atoms with Crippen LogP contribution in [-0.2, 0) is 11.2 Å². The van der Waals surface area contributed by atoms with E-state index in [9.17, 15) is 9.90 Å². The van der Waals surface area contributed by atoms with Crippen molar-refractivity contribution in [3.8, 4) is 0 Å². The first-order valence-corrected chi connectivity index (χ1v) is 6.95. The van der Waals surface area contributed by atoms with Crippen LogP contribution in [0.1, 0.15) is 19.4 Å². The van der Waals surface area contributed by atoms with Gasteiger partial charge in [0.05, 0.1) is 30.8 Å². The molecule has 1 heterocycles. The normalized spacial score (nSPS) is 12.8. The number of aromatic nitrogens is 2. The molecule has 2 N–H and O–H groups in total. The van der Waals surface area contributed by atoms with Crippen molar-refractivity contribution < 1.29 is 9.90 Å². The molecule has 0 aliphatic heterocycles. The van der Waals surface area contributed by atoms with Gasteiger partial charge in [-0.1, -0.05) is 26.0 Å². The summed E-state index contributed by atoms with van der Waals surface area (Å²) < 4.78 is 8.36.